The van der Waals surface area contributed by atoms with E-state index in [1.165, 1.54) is 7.11 Å². The molecular weight excluding hydrogens is 270 g/mol. The summed E-state index contributed by atoms with van der Waals surface area (Å²) in [5.41, 5.74) is 0.504. The second-order valence-corrected chi connectivity index (χ2v) is 5.70. The minimum absolute atomic E-state index is 0.351. The van der Waals surface area contributed by atoms with Crippen molar-refractivity contribution in [1.29, 1.82) is 0 Å². The van der Waals surface area contributed by atoms with E-state index in [-0.39, 0.29) is 5.97 Å². The van der Waals surface area contributed by atoms with Gasteiger partial charge in [0.25, 0.3) is 0 Å². The molecule has 21 heavy (non-hydrogen) atoms. The minimum atomic E-state index is -0.351. The van der Waals surface area contributed by atoms with Gasteiger partial charge in [0.05, 0.1) is 13.7 Å². The first-order valence-electron chi connectivity index (χ1n) is 7.28. The molecule has 1 saturated heterocycles. The van der Waals surface area contributed by atoms with Gasteiger partial charge in [-0.3, -0.25) is 4.90 Å². The number of methoxy groups -OCH3 is 1. The second-order valence-electron chi connectivity index (χ2n) is 5.70. The Balaban J connectivity index is 1.84. The third kappa shape index (κ3) is 4.06. The molecule has 1 aromatic heterocycles. The number of hydrogen-bond acceptors (Lipinski definition) is 6. The molecule has 1 fully saturated rings. The van der Waals surface area contributed by atoms with Crippen molar-refractivity contribution in [3.8, 4) is 0 Å². The van der Waals surface area contributed by atoms with Crippen molar-refractivity contribution in [2.75, 3.05) is 47.4 Å². The van der Waals surface area contributed by atoms with Crippen LogP contribution in [0.3, 0.4) is 0 Å². The Bertz CT molecular complexity index is 487. The lowest BCUT2D eigenvalue weighted by molar-refractivity contribution is 0.0599. The average molecular weight is 295 g/mol. The van der Waals surface area contributed by atoms with E-state index < -0.39 is 0 Å². The first kappa shape index (κ1) is 16.0. The molecule has 0 aromatic carbocycles. The van der Waals surface area contributed by atoms with Crippen LogP contribution >= 0.6 is 0 Å². The van der Waals surface area contributed by atoms with Gasteiger partial charge in [-0.2, -0.15) is 0 Å². The van der Waals surface area contributed by atoms with Crippen LogP contribution in [0.15, 0.2) is 10.5 Å². The van der Waals surface area contributed by atoms with Crippen LogP contribution in [0.5, 0.6) is 0 Å². The summed E-state index contributed by atoms with van der Waals surface area (Å²) in [5, 5.41) is 3.41. The molecule has 1 aromatic rings. The van der Waals surface area contributed by atoms with E-state index in [0.717, 1.165) is 31.9 Å². The summed E-state index contributed by atoms with van der Waals surface area (Å²) in [7, 11) is 5.69. The van der Waals surface area contributed by atoms with Crippen molar-refractivity contribution in [3.05, 3.63) is 23.2 Å². The van der Waals surface area contributed by atoms with Crippen molar-refractivity contribution < 1.29 is 13.9 Å². The molecule has 6 heteroatoms. The number of aryl methyl sites for hydroxylation is 1. The Morgan fingerprint density at radius 1 is 1.48 bits per heavy atom. The molecule has 2 rings (SSSR count). The highest BCUT2D eigenvalue weighted by Gasteiger charge is 2.22. The smallest absolute Gasteiger partial charge is 0.341 e. The number of piperazine rings is 1. The predicted molar refractivity (Wildman–Crippen MR) is 80.4 cm³/mol. The lowest BCUT2D eigenvalue weighted by Crippen LogP contribution is -2.53. The number of nitrogens with zero attached hydrogens (tertiary/aromatic N) is 2. The topological polar surface area (TPSA) is 58.0 Å². The van der Waals surface area contributed by atoms with Gasteiger partial charge in [-0.1, -0.05) is 0 Å². The zero-order valence-corrected chi connectivity index (χ0v) is 13.3. The van der Waals surface area contributed by atoms with Gasteiger partial charge in [-0.15, -0.1) is 0 Å². The monoisotopic (exact) mass is 295 g/mol. The summed E-state index contributed by atoms with van der Waals surface area (Å²) < 4.78 is 10.3. The summed E-state index contributed by atoms with van der Waals surface area (Å²) >= 11 is 0. The summed E-state index contributed by atoms with van der Waals surface area (Å²) in [6.07, 6.45) is 0. The van der Waals surface area contributed by atoms with Crippen LogP contribution in [-0.4, -0.2) is 69.2 Å². The number of esters is 1. The Hall–Kier alpha value is -1.37. The first-order chi connectivity index (χ1) is 10.0. The van der Waals surface area contributed by atoms with E-state index in [0.29, 0.717) is 23.9 Å². The zero-order valence-electron chi connectivity index (χ0n) is 13.3. The van der Waals surface area contributed by atoms with Crippen molar-refractivity contribution in [2.45, 2.75) is 19.5 Å². The maximum absolute atomic E-state index is 11.5. The molecular formula is C15H25N3O3. The summed E-state index contributed by atoms with van der Waals surface area (Å²) in [6.45, 7) is 6.57. The molecule has 0 aliphatic carbocycles. The highest BCUT2D eigenvalue weighted by molar-refractivity contribution is 5.90. The molecule has 1 atom stereocenters. The van der Waals surface area contributed by atoms with Gasteiger partial charge in [0.2, 0.25) is 0 Å². The van der Waals surface area contributed by atoms with E-state index in [1.54, 1.807) is 13.0 Å². The molecule has 0 radical (unpaired) electrons. The summed E-state index contributed by atoms with van der Waals surface area (Å²) in [4.78, 5) is 16.3. The lowest BCUT2D eigenvalue weighted by atomic mass is 10.2. The molecule has 0 spiro atoms. The van der Waals surface area contributed by atoms with Crippen LogP contribution in [0, 0.1) is 6.92 Å². The fourth-order valence-electron chi connectivity index (χ4n) is 2.63. The average Bonchev–Trinajstić information content (AvgIpc) is 2.83. The number of hydrogen-bond donors (Lipinski definition) is 1. The van der Waals surface area contributed by atoms with Crippen LogP contribution in [-0.2, 0) is 11.3 Å². The number of furan rings is 1. The predicted octanol–water partition coefficient (Wildman–Crippen LogP) is 0.710. The fourth-order valence-corrected chi connectivity index (χ4v) is 2.63. The Kier molecular flexibility index (Phi) is 5.39. The van der Waals surface area contributed by atoms with Gasteiger partial charge in [0.1, 0.15) is 17.1 Å². The van der Waals surface area contributed by atoms with Crippen molar-refractivity contribution in [1.82, 2.24) is 15.1 Å². The van der Waals surface area contributed by atoms with Gasteiger partial charge in [-0.05, 0) is 27.1 Å². The normalized spacial score (nSPS) is 20.7. The van der Waals surface area contributed by atoms with Gasteiger partial charge in [-0.25, -0.2) is 4.79 Å². The summed E-state index contributed by atoms with van der Waals surface area (Å²) in [6, 6.07) is 2.25. The van der Waals surface area contributed by atoms with Crippen LogP contribution in [0.2, 0.25) is 0 Å². The number of carbonyl (C=O) groups excluding carboxylic acids is 1. The van der Waals surface area contributed by atoms with Crippen molar-refractivity contribution in [3.63, 3.8) is 0 Å². The van der Waals surface area contributed by atoms with E-state index in [9.17, 15) is 4.79 Å². The van der Waals surface area contributed by atoms with E-state index >= 15 is 0 Å². The number of nitrogens with one attached hydrogen (secondary N) is 1. The third-order valence-corrected chi connectivity index (χ3v) is 4.03. The van der Waals surface area contributed by atoms with Crippen molar-refractivity contribution in [2.24, 2.45) is 0 Å². The van der Waals surface area contributed by atoms with Gasteiger partial charge in [0, 0.05) is 32.2 Å². The molecule has 1 unspecified atom stereocenters. The second kappa shape index (κ2) is 7.06. The number of likely N-dealkylation sites (N-methyl/N-ethyl adjacent to an activating group) is 2. The Labute approximate surface area is 126 Å². The maximum Gasteiger partial charge on any atom is 0.341 e. The molecule has 1 aliphatic rings. The number of ether oxygens (including phenoxy) is 1. The van der Waals surface area contributed by atoms with Crippen LogP contribution in [0.25, 0.3) is 0 Å². The molecule has 6 nitrogen and oxygen atoms in total. The number of carbonyl (C=O) groups is 1. The first-order valence-corrected chi connectivity index (χ1v) is 7.28. The van der Waals surface area contributed by atoms with E-state index in [4.69, 9.17) is 9.15 Å². The van der Waals surface area contributed by atoms with E-state index in [1.807, 2.05) is 0 Å². The van der Waals surface area contributed by atoms with Gasteiger partial charge in [0.15, 0.2) is 0 Å². The molecule has 0 saturated carbocycles. The molecule has 1 aliphatic heterocycles. The van der Waals surface area contributed by atoms with Gasteiger partial charge >= 0.3 is 5.97 Å². The van der Waals surface area contributed by atoms with Crippen LogP contribution in [0.1, 0.15) is 21.9 Å². The zero-order chi connectivity index (χ0) is 15.4. The molecule has 0 amide bonds. The fraction of sp³-hybridized carbons (Fsp3) is 0.667. The standard InChI is InChI=1S/C15H25N3O3/c1-11-14(15(19)20-4)7-13(21-11)9-16-8-12-10-17(2)5-6-18(12)3/h7,12,16H,5-6,8-10H2,1-4H3. The lowest BCUT2D eigenvalue weighted by Gasteiger charge is -2.37. The van der Waals surface area contributed by atoms with Crippen LogP contribution in [0.4, 0.5) is 0 Å². The maximum atomic E-state index is 11.5. The Morgan fingerprint density at radius 2 is 2.24 bits per heavy atom. The minimum Gasteiger partial charge on any atom is -0.465 e. The number of rotatable bonds is 5. The Morgan fingerprint density at radius 3 is 2.95 bits per heavy atom. The largest absolute Gasteiger partial charge is 0.465 e. The molecule has 118 valence electrons. The molecule has 0 bridgehead atoms. The quantitative estimate of drug-likeness (QED) is 0.808. The van der Waals surface area contributed by atoms with E-state index in [2.05, 4.69) is 29.2 Å². The van der Waals surface area contributed by atoms with Crippen molar-refractivity contribution >= 4 is 5.97 Å². The molecule has 1 N–H and O–H groups in total. The van der Waals surface area contributed by atoms with Gasteiger partial charge < -0.3 is 19.4 Å². The highest BCUT2D eigenvalue weighted by Crippen LogP contribution is 2.15. The highest BCUT2D eigenvalue weighted by atomic mass is 16.5. The SMILES string of the molecule is COC(=O)c1cc(CNCC2CN(C)CCN2C)oc1C. The summed E-state index contributed by atoms with van der Waals surface area (Å²) in [5.74, 6) is 1.02. The third-order valence-electron chi connectivity index (χ3n) is 4.03. The van der Waals surface area contributed by atoms with Crippen LogP contribution < -0.4 is 5.32 Å². The molecule has 2 heterocycles.